The zero-order chi connectivity index (χ0) is 4.50. The fourth-order valence-corrected chi connectivity index (χ4v) is 0. The van der Waals surface area contributed by atoms with Crippen molar-refractivity contribution in [1.82, 2.24) is 0 Å². The Morgan fingerprint density at radius 3 is 1.14 bits per heavy atom. The molecule has 7 heteroatoms. The van der Waals surface area contributed by atoms with Crippen LogP contribution in [-0.2, 0) is 20.8 Å². The van der Waals surface area contributed by atoms with Gasteiger partial charge in [0, 0.05) is 17.1 Å². The SMILES string of the molecule is O=[As](O)(O)O.[CaH2].[Fe]. The van der Waals surface area contributed by atoms with Gasteiger partial charge in [-0.05, 0) is 0 Å². The predicted octanol–water partition coefficient (Wildman–Crippen LogP) is -3.09. The largest absolute Gasteiger partial charge is 0 e. The average molecular weight is 240 g/mol. The van der Waals surface area contributed by atoms with Crippen LogP contribution in [0.4, 0.5) is 0 Å². The molecule has 4 nitrogen and oxygen atoms in total. The summed E-state index contributed by atoms with van der Waals surface area (Å²) in [6.07, 6.45) is 0. The zero-order valence-corrected chi connectivity index (χ0v) is 5.53. The molecule has 3 N–H and O–H groups in total. The maximum atomic E-state index is 8.94. The van der Waals surface area contributed by atoms with Gasteiger partial charge in [-0.2, -0.15) is 0 Å². The second kappa shape index (κ2) is 6.14. The standard InChI is InChI=1S/AsH3O4.Ca.Fe.2H/c2-1(3,4)5;;;;/h(H3,2,3,4,5);;;;. The van der Waals surface area contributed by atoms with Gasteiger partial charge in [-0.25, -0.2) is 0 Å². The second-order valence-electron chi connectivity index (χ2n) is 0.513. The van der Waals surface area contributed by atoms with E-state index in [0.717, 1.165) is 0 Å². The van der Waals surface area contributed by atoms with Crippen molar-refractivity contribution >= 4 is 52.3 Å². The first-order valence-corrected chi connectivity index (χ1v) is 4.07. The fourth-order valence-electron chi connectivity index (χ4n) is 0. The van der Waals surface area contributed by atoms with E-state index < -0.39 is 14.5 Å². The van der Waals surface area contributed by atoms with Gasteiger partial charge in [0.15, 0.2) is 0 Å². The Morgan fingerprint density at radius 1 is 1.14 bits per heavy atom. The Kier molecular flexibility index (Phi) is 14.0. The van der Waals surface area contributed by atoms with E-state index >= 15 is 0 Å². The zero-order valence-electron chi connectivity index (χ0n) is 2.55. The maximum absolute atomic E-state index is 8.94. The van der Waals surface area contributed by atoms with Gasteiger partial charge in [0.2, 0.25) is 0 Å². The summed E-state index contributed by atoms with van der Waals surface area (Å²) < 4.78 is 30.7. The summed E-state index contributed by atoms with van der Waals surface area (Å²) in [5.41, 5.74) is 0. The molecule has 7 heavy (non-hydrogen) atoms. The fraction of sp³-hybridized carbons (Fsp3) is 0. The van der Waals surface area contributed by atoms with E-state index in [1.165, 1.54) is 0 Å². The predicted molar refractivity (Wildman–Crippen MR) is 21.6 cm³/mol. The first-order chi connectivity index (χ1) is 2.00. The summed E-state index contributed by atoms with van der Waals surface area (Å²) in [6, 6.07) is 0. The van der Waals surface area contributed by atoms with Crippen LogP contribution in [0.2, 0.25) is 0 Å². The third kappa shape index (κ3) is 71.3. The average Bonchev–Trinajstić information content (AvgIpc) is 0.722. The van der Waals surface area contributed by atoms with Gasteiger partial charge < -0.3 is 0 Å². The minimum Gasteiger partial charge on any atom is 0 e. The van der Waals surface area contributed by atoms with Gasteiger partial charge in [-0.1, -0.05) is 0 Å². The Bertz CT molecular complexity index is 57.8. The van der Waals surface area contributed by atoms with E-state index in [2.05, 4.69) is 0 Å². The summed E-state index contributed by atoms with van der Waals surface area (Å²) in [6.45, 7) is 0. The quantitative estimate of drug-likeness (QED) is 0.392. The van der Waals surface area contributed by atoms with Gasteiger partial charge in [0.1, 0.15) is 0 Å². The number of hydrogen-bond donors (Lipinski definition) is 3. The Hall–Kier alpha value is 2.02. The molecule has 0 aromatic rings. The van der Waals surface area contributed by atoms with Crippen molar-refractivity contribution in [3.63, 3.8) is 0 Å². The molecule has 0 aliphatic rings. The number of hydrogen-bond acceptors (Lipinski definition) is 1. The molecule has 0 spiro atoms. The minimum atomic E-state index is -5.12. The maximum Gasteiger partial charge on any atom is 0 e. The molecule has 0 amide bonds. The smallest absolute Gasteiger partial charge is 0 e. The molecular formula is H5AsCaFeO4. The van der Waals surface area contributed by atoms with E-state index in [9.17, 15) is 0 Å². The van der Waals surface area contributed by atoms with Crippen molar-refractivity contribution in [3.05, 3.63) is 0 Å². The molecule has 44 valence electrons. The molecule has 0 aromatic carbocycles. The van der Waals surface area contributed by atoms with E-state index in [1.54, 1.807) is 0 Å². The second-order valence-corrected chi connectivity index (χ2v) is 2.67. The van der Waals surface area contributed by atoms with Gasteiger partial charge in [0.05, 0.1) is 0 Å². The molecule has 0 saturated carbocycles. The Balaban J connectivity index is -0.0000000800. The van der Waals surface area contributed by atoms with Gasteiger partial charge in [-0.15, -0.1) is 0 Å². The van der Waals surface area contributed by atoms with Crippen LogP contribution in [0.5, 0.6) is 0 Å². The van der Waals surface area contributed by atoms with Crippen LogP contribution in [0.25, 0.3) is 0 Å². The summed E-state index contributed by atoms with van der Waals surface area (Å²) in [7, 11) is 0. The molecule has 0 atom stereocenters. The molecule has 0 rings (SSSR count). The summed E-state index contributed by atoms with van der Waals surface area (Å²) in [4.78, 5) is 0. The van der Waals surface area contributed by atoms with Crippen LogP contribution in [0.1, 0.15) is 0 Å². The van der Waals surface area contributed by atoms with Crippen LogP contribution >= 0.6 is 0 Å². The van der Waals surface area contributed by atoms with Crippen molar-refractivity contribution in [2.45, 2.75) is 0 Å². The monoisotopic (exact) mass is 240 g/mol. The third-order valence-electron chi connectivity index (χ3n) is 0. The van der Waals surface area contributed by atoms with Crippen LogP contribution < -0.4 is 0 Å². The Labute approximate surface area is 84.1 Å². The van der Waals surface area contributed by atoms with E-state index in [1.807, 2.05) is 0 Å². The van der Waals surface area contributed by atoms with Gasteiger partial charge in [0.25, 0.3) is 0 Å². The third-order valence-corrected chi connectivity index (χ3v) is 0. The van der Waals surface area contributed by atoms with E-state index in [0.29, 0.717) is 0 Å². The molecule has 0 aliphatic carbocycles. The minimum absolute atomic E-state index is 0. The Morgan fingerprint density at radius 2 is 1.14 bits per heavy atom. The van der Waals surface area contributed by atoms with Crippen molar-refractivity contribution in [1.29, 1.82) is 0 Å². The summed E-state index contributed by atoms with van der Waals surface area (Å²) >= 11 is -5.12. The van der Waals surface area contributed by atoms with Gasteiger partial charge in [-0.3, -0.25) is 0 Å². The summed E-state index contributed by atoms with van der Waals surface area (Å²) in [5, 5.41) is 0. The molecule has 0 bridgehead atoms. The molecule has 0 fully saturated rings. The molecule has 0 saturated heterocycles. The van der Waals surface area contributed by atoms with Crippen LogP contribution in [0, 0.1) is 0 Å². The van der Waals surface area contributed by atoms with Crippen molar-refractivity contribution < 1.29 is 33.1 Å². The van der Waals surface area contributed by atoms with Crippen molar-refractivity contribution in [2.24, 2.45) is 0 Å². The van der Waals surface area contributed by atoms with Crippen molar-refractivity contribution in [2.75, 3.05) is 0 Å². The normalized spacial score (nSPS) is 8.43. The van der Waals surface area contributed by atoms with Crippen molar-refractivity contribution in [3.8, 4) is 0 Å². The van der Waals surface area contributed by atoms with E-state index in [4.69, 9.17) is 16.0 Å². The molecular weight excluding hydrogens is 235 g/mol. The topological polar surface area (TPSA) is 77.8 Å². The number of rotatable bonds is 0. The van der Waals surface area contributed by atoms with Crippen LogP contribution in [0.3, 0.4) is 0 Å². The van der Waals surface area contributed by atoms with Gasteiger partial charge >= 0.3 is 68.3 Å². The van der Waals surface area contributed by atoms with Crippen LogP contribution in [-0.4, -0.2) is 64.5 Å². The molecule has 0 radical (unpaired) electrons. The molecule has 0 aliphatic heterocycles. The first-order valence-electron chi connectivity index (χ1n) is 0.783. The summed E-state index contributed by atoms with van der Waals surface area (Å²) in [5.74, 6) is 0. The molecule has 0 unspecified atom stereocenters. The van der Waals surface area contributed by atoms with Crippen LogP contribution in [0.15, 0.2) is 0 Å². The molecule has 0 aromatic heterocycles. The molecule has 0 heterocycles. The first kappa shape index (κ1) is 16.0. The van der Waals surface area contributed by atoms with E-state index in [-0.39, 0.29) is 54.8 Å².